The first kappa shape index (κ1) is 16.3. The van der Waals surface area contributed by atoms with Gasteiger partial charge in [0.05, 0.1) is 12.2 Å². The molecule has 2 aromatic rings. The Morgan fingerprint density at radius 2 is 2.04 bits per heavy atom. The fourth-order valence-corrected chi connectivity index (χ4v) is 2.83. The van der Waals surface area contributed by atoms with Crippen LogP contribution in [0.5, 0.6) is 5.75 Å². The van der Waals surface area contributed by atoms with Gasteiger partial charge in [0, 0.05) is 18.5 Å². The molecule has 1 heterocycles. The largest absolute Gasteiger partial charge is 0.477 e. The van der Waals surface area contributed by atoms with Gasteiger partial charge in [-0.05, 0) is 29.8 Å². The summed E-state index contributed by atoms with van der Waals surface area (Å²) in [6.45, 7) is 2.01. The van der Waals surface area contributed by atoms with E-state index in [9.17, 15) is 9.59 Å². The van der Waals surface area contributed by atoms with Gasteiger partial charge in [-0.15, -0.1) is 0 Å². The molecule has 0 aliphatic carbocycles. The van der Waals surface area contributed by atoms with Crippen LogP contribution in [0.15, 0.2) is 48.5 Å². The molecule has 0 saturated heterocycles. The average Bonchev–Trinajstić information content (AvgIpc) is 2.58. The molecule has 0 aromatic heterocycles. The molecular weight excluding hydrogens is 328 g/mol. The normalized spacial score (nSPS) is 16.1. The molecule has 0 fully saturated rings. The van der Waals surface area contributed by atoms with Crippen molar-refractivity contribution >= 4 is 29.1 Å². The number of anilines is 1. The van der Waals surface area contributed by atoms with Crippen LogP contribution in [0.2, 0.25) is 5.02 Å². The second-order valence-corrected chi connectivity index (χ2v) is 5.99. The molecule has 2 aromatic carbocycles. The topological polar surface area (TPSA) is 58.6 Å². The van der Waals surface area contributed by atoms with E-state index in [0.29, 0.717) is 23.0 Å². The van der Waals surface area contributed by atoms with Gasteiger partial charge < -0.3 is 15.0 Å². The number of hydrogen-bond acceptors (Lipinski definition) is 3. The minimum Gasteiger partial charge on any atom is -0.477 e. The van der Waals surface area contributed by atoms with Gasteiger partial charge in [0.1, 0.15) is 5.75 Å². The summed E-state index contributed by atoms with van der Waals surface area (Å²) in [5.74, 6) is 0.135. The highest BCUT2D eigenvalue weighted by Crippen LogP contribution is 2.33. The monoisotopic (exact) mass is 344 g/mol. The van der Waals surface area contributed by atoms with Crippen LogP contribution in [0.3, 0.4) is 0 Å². The molecule has 5 nitrogen and oxygen atoms in total. The maximum atomic E-state index is 12.4. The zero-order chi connectivity index (χ0) is 17.1. The van der Waals surface area contributed by atoms with Gasteiger partial charge in [0.15, 0.2) is 6.10 Å². The van der Waals surface area contributed by atoms with Crippen LogP contribution in [-0.4, -0.2) is 24.5 Å². The number of rotatable bonds is 3. The molecule has 1 atom stereocenters. The quantitative estimate of drug-likeness (QED) is 0.931. The molecule has 1 aliphatic rings. The van der Waals surface area contributed by atoms with Crippen molar-refractivity contribution in [3.63, 3.8) is 0 Å². The van der Waals surface area contributed by atoms with E-state index in [2.05, 4.69) is 5.32 Å². The van der Waals surface area contributed by atoms with E-state index in [4.69, 9.17) is 16.3 Å². The first-order valence-electron chi connectivity index (χ1n) is 7.60. The maximum Gasteiger partial charge on any atom is 0.263 e. The van der Waals surface area contributed by atoms with Gasteiger partial charge >= 0.3 is 0 Å². The highest BCUT2D eigenvalue weighted by atomic mass is 35.5. The third kappa shape index (κ3) is 3.51. The lowest BCUT2D eigenvalue weighted by molar-refractivity contribution is -0.128. The molecule has 0 bridgehead atoms. The standard InChI is InChI=1S/C18H17ClN2O3/c1-12(22)21-11-17(24-16-8-3-2-7-15(16)21)18(23)20-10-13-5-4-6-14(19)9-13/h2-9,17H,10-11H2,1H3,(H,20,23)/t17-/m0/s1. The Labute approximate surface area is 145 Å². The molecule has 0 radical (unpaired) electrons. The number of hydrogen-bond donors (Lipinski definition) is 1. The molecule has 0 saturated carbocycles. The Hall–Kier alpha value is -2.53. The zero-order valence-electron chi connectivity index (χ0n) is 13.2. The van der Waals surface area contributed by atoms with Gasteiger partial charge in [0.25, 0.3) is 5.91 Å². The van der Waals surface area contributed by atoms with Crippen molar-refractivity contribution in [3.8, 4) is 5.75 Å². The Balaban J connectivity index is 1.71. The number of para-hydroxylation sites is 2. The lowest BCUT2D eigenvalue weighted by atomic mass is 10.1. The van der Waals surface area contributed by atoms with Crippen LogP contribution >= 0.6 is 11.6 Å². The Morgan fingerprint density at radius 1 is 1.25 bits per heavy atom. The highest BCUT2D eigenvalue weighted by Gasteiger charge is 2.32. The maximum absolute atomic E-state index is 12.4. The van der Waals surface area contributed by atoms with Crippen molar-refractivity contribution in [3.05, 3.63) is 59.1 Å². The van der Waals surface area contributed by atoms with Gasteiger partial charge in [-0.25, -0.2) is 0 Å². The molecule has 1 aliphatic heterocycles. The highest BCUT2D eigenvalue weighted by molar-refractivity contribution is 6.30. The molecule has 6 heteroatoms. The lowest BCUT2D eigenvalue weighted by Gasteiger charge is -2.33. The molecule has 124 valence electrons. The SMILES string of the molecule is CC(=O)N1C[C@@H](C(=O)NCc2cccc(Cl)c2)Oc2ccccc21. The fourth-order valence-electron chi connectivity index (χ4n) is 2.62. The predicted molar refractivity (Wildman–Crippen MR) is 92.2 cm³/mol. The Bertz CT molecular complexity index is 778. The summed E-state index contributed by atoms with van der Waals surface area (Å²) in [6.07, 6.45) is -0.747. The van der Waals surface area contributed by atoms with Crippen LogP contribution in [0, 0.1) is 0 Å². The fraction of sp³-hybridized carbons (Fsp3) is 0.222. The second kappa shape index (κ2) is 6.93. The van der Waals surface area contributed by atoms with Crippen LogP contribution in [0.4, 0.5) is 5.69 Å². The van der Waals surface area contributed by atoms with Gasteiger partial charge in [-0.1, -0.05) is 35.9 Å². The molecular formula is C18H17ClN2O3. The number of fused-ring (bicyclic) bond motifs is 1. The number of nitrogens with one attached hydrogen (secondary N) is 1. The van der Waals surface area contributed by atoms with Crippen LogP contribution in [0.1, 0.15) is 12.5 Å². The summed E-state index contributed by atoms with van der Waals surface area (Å²) in [6, 6.07) is 14.5. The summed E-state index contributed by atoms with van der Waals surface area (Å²) in [4.78, 5) is 25.9. The predicted octanol–water partition coefficient (Wildman–Crippen LogP) is 2.77. The summed E-state index contributed by atoms with van der Waals surface area (Å²) in [7, 11) is 0. The molecule has 1 N–H and O–H groups in total. The van der Waals surface area contributed by atoms with E-state index in [1.165, 1.54) is 6.92 Å². The molecule has 24 heavy (non-hydrogen) atoms. The molecule has 3 rings (SSSR count). The van der Waals surface area contributed by atoms with Gasteiger partial charge in [-0.3, -0.25) is 9.59 Å². The summed E-state index contributed by atoms with van der Waals surface area (Å²) >= 11 is 5.94. The van der Waals surface area contributed by atoms with Crippen molar-refractivity contribution in [1.29, 1.82) is 0 Å². The number of ether oxygens (including phenoxy) is 1. The minimum absolute atomic E-state index is 0.126. The van der Waals surface area contributed by atoms with Crippen LogP contribution in [-0.2, 0) is 16.1 Å². The molecule has 2 amide bonds. The third-order valence-corrected chi connectivity index (χ3v) is 4.04. The van der Waals surface area contributed by atoms with Gasteiger partial charge in [-0.2, -0.15) is 0 Å². The minimum atomic E-state index is -0.747. The van der Waals surface area contributed by atoms with E-state index >= 15 is 0 Å². The Kier molecular flexibility index (Phi) is 4.71. The van der Waals surface area contributed by atoms with E-state index in [0.717, 1.165) is 5.56 Å². The van der Waals surface area contributed by atoms with Crippen molar-refractivity contribution in [2.45, 2.75) is 19.6 Å². The second-order valence-electron chi connectivity index (χ2n) is 5.55. The number of benzene rings is 2. The number of nitrogens with zero attached hydrogens (tertiary/aromatic N) is 1. The van der Waals surface area contributed by atoms with Crippen LogP contribution in [0.25, 0.3) is 0 Å². The first-order valence-corrected chi connectivity index (χ1v) is 7.98. The van der Waals surface area contributed by atoms with E-state index in [1.54, 1.807) is 29.2 Å². The van der Waals surface area contributed by atoms with E-state index in [-0.39, 0.29) is 18.4 Å². The number of amides is 2. The number of carbonyl (C=O) groups excluding carboxylic acids is 2. The smallest absolute Gasteiger partial charge is 0.263 e. The average molecular weight is 345 g/mol. The van der Waals surface area contributed by atoms with Gasteiger partial charge in [0.2, 0.25) is 5.91 Å². The lowest BCUT2D eigenvalue weighted by Crippen LogP contribution is -2.50. The summed E-state index contributed by atoms with van der Waals surface area (Å²) < 4.78 is 5.75. The summed E-state index contributed by atoms with van der Waals surface area (Å²) in [5, 5.41) is 3.44. The van der Waals surface area contributed by atoms with Crippen molar-refractivity contribution in [1.82, 2.24) is 5.32 Å². The summed E-state index contributed by atoms with van der Waals surface area (Å²) in [5.41, 5.74) is 1.58. The molecule has 0 unspecified atom stereocenters. The number of carbonyl (C=O) groups is 2. The van der Waals surface area contributed by atoms with Crippen molar-refractivity contribution < 1.29 is 14.3 Å². The third-order valence-electron chi connectivity index (χ3n) is 3.80. The van der Waals surface area contributed by atoms with Crippen molar-refractivity contribution in [2.75, 3.05) is 11.4 Å². The van der Waals surface area contributed by atoms with E-state index in [1.807, 2.05) is 24.3 Å². The number of halogens is 1. The zero-order valence-corrected chi connectivity index (χ0v) is 13.9. The van der Waals surface area contributed by atoms with Crippen LogP contribution < -0.4 is 15.0 Å². The Morgan fingerprint density at radius 3 is 2.79 bits per heavy atom. The first-order chi connectivity index (χ1) is 11.5. The van der Waals surface area contributed by atoms with Crippen molar-refractivity contribution in [2.24, 2.45) is 0 Å². The van der Waals surface area contributed by atoms with E-state index < -0.39 is 6.10 Å². The molecule has 0 spiro atoms.